The molecule has 110 valence electrons. The quantitative estimate of drug-likeness (QED) is 0.484. The van der Waals surface area contributed by atoms with Crippen LogP contribution >= 0.6 is 0 Å². The molecule has 0 saturated carbocycles. The molecular weight excluding hydrogens is 240 g/mol. The molecule has 0 nitrogen and oxygen atoms in total. The maximum absolute atomic E-state index is 3.93. The zero-order chi connectivity index (χ0) is 16.0. The SMILES string of the molecule is C=C.C=C(C)c1ccc2ccccc2c1.CC.CCC. The Kier molecular flexibility index (Phi) is 13.9. The first-order chi connectivity index (χ1) is 9.69. The third-order valence-corrected chi connectivity index (χ3v) is 2.24. The zero-order valence-corrected chi connectivity index (χ0v) is 13.9. The van der Waals surface area contributed by atoms with E-state index in [0.717, 1.165) is 5.57 Å². The largest absolute Gasteiger partial charge is 0.106 e. The van der Waals surface area contributed by atoms with Crippen LogP contribution in [0, 0.1) is 0 Å². The lowest BCUT2D eigenvalue weighted by molar-refractivity contribution is 1.09. The molecule has 20 heavy (non-hydrogen) atoms. The van der Waals surface area contributed by atoms with Gasteiger partial charge in [0.25, 0.3) is 0 Å². The molecule has 2 rings (SSSR count). The van der Waals surface area contributed by atoms with Crippen LogP contribution in [0.25, 0.3) is 16.3 Å². The standard InChI is InChI=1S/C13H12.C3H8.C2H6.C2H4/c1-10(2)12-8-7-11-5-3-4-6-13(11)9-12;1-3-2;2*1-2/h3-9H,1H2,2H3;3H2,1-2H3;1-2H3;1-2H2. The van der Waals surface area contributed by atoms with Crippen molar-refractivity contribution in [3.63, 3.8) is 0 Å². The minimum Gasteiger partial charge on any atom is -0.106 e. The van der Waals surface area contributed by atoms with Crippen molar-refractivity contribution in [1.82, 2.24) is 0 Å². The van der Waals surface area contributed by atoms with Gasteiger partial charge in [-0.1, -0.05) is 82.7 Å². The molecule has 0 N–H and O–H groups in total. The van der Waals surface area contributed by atoms with Crippen molar-refractivity contribution >= 4 is 16.3 Å². The molecule has 0 unspecified atom stereocenters. The van der Waals surface area contributed by atoms with E-state index < -0.39 is 0 Å². The summed E-state index contributed by atoms with van der Waals surface area (Å²) in [5.41, 5.74) is 2.34. The molecule has 0 fully saturated rings. The molecule has 0 heteroatoms. The van der Waals surface area contributed by atoms with E-state index in [2.05, 4.69) is 76.0 Å². The zero-order valence-electron chi connectivity index (χ0n) is 13.9. The van der Waals surface area contributed by atoms with E-state index in [1.807, 2.05) is 20.8 Å². The molecule has 0 atom stereocenters. The van der Waals surface area contributed by atoms with E-state index in [-0.39, 0.29) is 0 Å². The predicted molar refractivity (Wildman–Crippen MR) is 97.2 cm³/mol. The van der Waals surface area contributed by atoms with Gasteiger partial charge in [-0.2, -0.15) is 0 Å². The molecule has 0 aliphatic carbocycles. The molecule has 0 amide bonds. The Bertz CT molecular complexity index is 480. The van der Waals surface area contributed by atoms with Crippen LogP contribution in [-0.2, 0) is 0 Å². The second kappa shape index (κ2) is 13.6. The number of fused-ring (bicyclic) bond motifs is 1. The van der Waals surface area contributed by atoms with E-state index in [0.29, 0.717) is 0 Å². The van der Waals surface area contributed by atoms with Crippen LogP contribution in [0.2, 0.25) is 0 Å². The highest BCUT2D eigenvalue weighted by molar-refractivity contribution is 5.85. The van der Waals surface area contributed by atoms with Crippen LogP contribution in [0.1, 0.15) is 46.6 Å². The summed E-state index contributed by atoms with van der Waals surface area (Å²) in [6, 6.07) is 14.8. The Morgan fingerprint density at radius 2 is 1.35 bits per heavy atom. The fraction of sp³-hybridized carbons (Fsp3) is 0.300. The van der Waals surface area contributed by atoms with Crippen molar-refractivity contribution in [2.24, 2.45) is 0 Å². The van der Waals surface area contributed by atoms with E-state index >= 15 is 0 Å². The number of allylic oxidation sites excluding steroid dienone is 1. The highest BCUT2D eigenvalue weighted by Gasteiger charge is 1.95. The van der Waals surface area contributed by atoms with Gasteiger partial charge >= 0.3 is 0 Å². The van der Waals surface area contributed by atoms with Crippen LogP contribution in [-0.4, -0.2) is 0 Å². The average Bonchev–Trinajstić information content (AvgIpc) is 2.51. The van der Waals surface area contributed by atoms with Crippen LogP contribution < -0.4 is 0 Å². The third kappa shape index (κ3) is 7.58. The summed E-state index contributed by atoms with van der Waals surface area (Å²) >= 11 is 0. The van der Waals surface area contributed by atoms with E-state index in [1.54, 1.807) is 0 Å². The summed E-state index contributed by atoms with van der Waals surface area (Å²) in [5.74, 6) is 0. The lowest BCUT2D eigenvalue weighted by Crippen LogP contribution is -1.78. The summed E-state index contributed by atoms with van der Waals surface area (Å²) in [6.45, 7) is 20.2. The van der Waals surface area contributed by atoms with Gasteiger partial charge in [0.05, 0.1) is 0 Å². The number of benzene rings is 2. The lowest BCUT2D eigenvalue weighted by Gasteiger charge is -2.01. The number of rotatable bonds is 1. The van der Waals surface area contributed by atoms with Crippen LogP contribution in [0.4, 0.5) is 0 Å². The molecule has 0 bridgehead atoms. The smallest absolute Gasteiger partial charge is 0.0178 e. The lowest BCUT2D eigenvalue weighted by atomic mass is 10.0. The molecule has 2 aromatic rings. The van der Waals surface area contributed by atoms with Crippen molar-refractivity contribution in [3.05, 3.63) is 67.8 Å². The van der Waals surface area contributed by atoms with E-state index in [1.165, 1.54) is 22.8 Å². The Hall–Kier alpha value is -1.82. The number of hydrogen-bond donors (Lipinski definition) is 0. The number of hydrogen-bond acceptors (Lipinski definition) is 0. The molecule has 0 heterocycles. The summed E-state index contributed by atoms with van der Waals surface area (Å²) < 4.78 is 0. The molecule has 0 saturated heterocycles. The van der Waals surface area contributed by atoms with Gasteiger partial charge in [0.15, 0.2) is 0 Å². The Balaban J connectivity index is 0. The summed E-state index contributed by atoms with van der Waals surface area (Å²) in [7, 11) is 0. The normalized spacial score (nSPS) is 8.05. The molecule has 2 aromatic carbocycles. The summed E-state index contributed by atoms with van der Waals surface area (Å²) in [6.07, 6.45) is 1.25. The minimum absolute atomic E-state index is 1.12. The maximum Gasteiger partial charge on any atom is -0.0178 e. The topological polar surface area (TPSA) is 0 Å². The van der Waals surface area contributed by atoms with Crippen molar-refractivity contribution in [1.29, 1.82) is 0 Å². The van der Waals surface area contributed by atoms with Gasteiger partial charge in [-0.15, -0.1) is 13.2 Å². The van der Waals surface area contributed by atoms with Crippen LogP contribution in [0.5, 0.6) is 0 Å². The van der Waals surface area contributed by atoms with E-state index in [4.69, 9.17) is 0 Å². The van der Waals surface area contributed by atoms with Crippen LogP contribution in [0.3, 0.4) is 0 Å². The monoisotopic (exact) mass is 270 g/mol. The van der Waals surface area contributed by atoms with Crippen LogP contribution in [0.15, 0.2) is 62.2 Å². The molecule has 0 aromatic heterocycles. The van der Waals surface area contributed by atoms with Crippen molar-refractivity contribution in [2.75, 3.05) is 0 Å². The van der Waals surface area contributed by atoms with Gasteiger partial charge in [-0.25, -0.2) is 0 Å². The Labute approximate surface area is 125 Å². The molecule has 0 spiro atoms. The van der Waals surface area contributed by atoms with Crippen molar-refractivity contribution in [2.45, 2.75) is 41.0 Å². The summed E-state index contributed by atoms with van der Waals surface area (Å²) in [5, 5.41) is 2.57. The molecule has 0 radical (unpaired) electrons. The average molecular weight is 270 g/mol. The third-order valence-electron chi connectivity index (χ3n) is 2.24. The van der Waals surface area contributed by atoms with Crippen molar-refractivity contribution in [3.8, 4) is 0 Å². The van der Waals surface area contributed by atoms with Gasteiger partial charge in [-0.05, 0) is 29.3 Å². The van der Waals surface area contributed by atoms with Gasteiger partial charge in [0.1, 0.15) is 0 Å². The summed E-state index contributed by atoms with van der Waals surface area (Å²) in [4.78, 5) is 0. The maximum atomic E-state index is 3.93. The van der Waals surface area contributed by atoms with Gasteiger partial charge < -0.3 is 0 Å². The van der Waals surface area contributed by atoms with Gasteiger partial charge in [-0.3, -0.25) is 0 Å². The van der Waals surface area contributed by atoms with Gasteiger partial charge in [0, 0.05) is 0 Å². The Morgan fingerprint density at radius 3 is 1.80 bits per heavy atom. The first-order valence-corrected chi connectivity index (χ1v) is 7.33. The molecular formula is C20H30. The predicted octanol–water partition coefficient (Wildman–Crippen LogP) is 7.12. The van der Waals surface area contributed by atoms with E-state index in [9.17, 15) is 0 Å². The molecule has 0 aliphatic rings. The molecule has 0 aliphatic heterocycles. The fourth-order valence-electron chi connectivity index (χ4n) is 1.45. The fourth-order valence-corrected chi connectivity index (χ4v) is 1.45. The first-order valence-electron chi connectivity index (χ1n) is 7.33. The highest BCUT2D eigenvalue weighted by Crippen LogP contribution is 2.19. The second-order valence-corrected chi connectivity index (χ2v) is 4.05. The second-order valence-electron chi connectivity index (χ2n) is 4.05. The first kappa shape index (κ1) is 20.5. The highest BCUT2D eigenvalue weighted by atomic mass is 14.0. The van der Waals surface area contributed by atoms with Crippen molar-refractivity contribution < 1.29 is 0 Å². The Morgan fingerprint density at radius 1 is 0.900 bits per heavy atom. The minimum atomic E-state index is 1.12. The van der Waals surface area contributed by atoms with Gasteiger partial charge in [0.2, 0.25) is 0 Å².